The predicted molar refractivity (Wildman–Crippen MR) is 117 cm³/mol. The maximum absolute atomic E-state index is 15.0. The van der Waals surface area contributed by atoms with E-state index in [1.807, 2.05) is 12.4 Å². The first-order valence-electron chi connectivity index (χ1n) is 10.5. The number of rotatable bonds is 13. The Bertz CT molecular complexity index is 1010. The molecule has 0 bridgehead atoms. The summed E-state index contributed by atoms with van der Waals surface area (Å²) in [5, 5.41) is 13.8. The van der Waals surface area contributed by atoms with Crippen LogP contribution >= 0.6 is 0 Å². The van der Waals surface area contributed by atoms with Crippen LogP contribution in [0, 0.1) is 24.4 Å². The second kappa shape index (κ2) is 13.5. The second-order valence-electron chi connectivity index (χ2n) is 7.16. The van der Waals surface area contributed by atoms with E-state index in [1.54, 1.807) is 13.0 Å². The summed E-state index contributed by atoms with van der Waals surface area (Å²) < 4.78 is 44.0. The zero-order valence-electron chi connectivity index (χ0n) is 18.8. The van der Waals surface area contributed by atoms with Gasteiger partial charge in [-0.3, -0.25) is 19.3 Å². The fraction of sp³-hybridized carbons (Fsp3) is 0.364. The molecular formula is C22H27F3N4O5. The maximum atomic E-state index is 15.0. The number of hydrogen-bond donors (Lipinski definition) is 5. The Kier molecular flexibility index (Phi) is 10.7. The molecular weight excluding hydrogens is 457 g/mol. The number of aliphatic hydroxyl groups is 1. The van der Waals surface area contributed by atoms with Crippen molar-refractivity contribution in [2.75, 3.05) is 31.7 Å². The van der Waals surface area contributed by atoms with E-state index in [0.717, 1.165) is 12.5 Å². The first-order chi connectivity index (χ1) is 16.3. The highest BCUT2D eigenvalue weighted by molar-refractivity contribution is 6.00. The Hall–Kier alpha value is -3.19. The van der Waals surface area contributed by atoms with Gasteiger partial charge in [0.1, 0.15) is 12.4 Å². The van der Waals surface area contributed by atoms with Crippen LogP contribution in [0.4, 0.5) is 24.5 Å². The van der Waals surface area contributed by atoms with Gasteiger partial charge in [-0.1, -0.05) is 13.0 Å². The minimum atomic E-state index is -1.44. The van der Waals surface area contributed by atoms with Crippen LogP contribution in [0.5, 0.6) is 0 Å². The zero-order chi connectivity index (χ0) is 25.1. The predicted octanol–water partition coefficient (Wildman–Crippen LogP) is 2.36. The molecule has 9 nitrogen and oxygen atoms in total. The van der Waals surface area contributed by atoms with Gasteiger partial charge in [0.25, 0.3) is 5.91 Å². The molecule has 2 aromatic rings. The Balaban J connectivity index is 2.27. The summed E-state index contributed by atoms with van der Waals surface area (Å²) in [6, 6.07) is 5.08. The molecule has 0 heterocycles. The molecule has 0 saturated carbocycles. The number of anilines is 2. The molecule has 0 radical (unpaired) electrons. The number of carbonyl (C=O) groups is 2. The molecule has 0 spiro atoms. The quantitative estimate of drug-likeness (QED) is 0.219. The van der Waals surface area contributed by atoms with Gasteiger partial charge in [0.2, 0.25) is 5.91 Å². The first-order valence-corrected chi connectivity index (χ1v) is 10.5. The van der Waals surface area contributed by atoms with Crippen LogP contribution in [0.25, 0.3) is 0 Å². The number of nitrogens with one attached hydrogen (secondary N) is 4. The maximum Gasteiger partial charge on any atom is 0.277 e. The summed E-state index contributed by atoms with van der Waals surface area (Å²) in [6.45, 7) is 2.62. The molecule has 5 N–H and O–H groups in total. The topological polar surface area (TPSA) is 121 Å². The summed E-state index contributed by atoms with van der Waals surface area (Å²) in [4.78, 5) is 33.8. The lowest BCUT2D eigenvalue weighted by molar-refractivity contribution is -0.128. The van der Waals surface area contributed by atoms with Crippen molar-refractivity contribution < 1.29 is 37.5 Å². The highest BCUT2D eigenvalue weighted by atomic mass is 19.2. The molecule has 0 unspecified atom stereocenters. The van der Waals surface area contributed by atoms with E-state index in [4.69, 9.17) is 14.8 Å². The van der Waals surface area contributed by atoms with Crippen molar-refractivity contribution in [1.29, 1.82) is 0 Å². The minimum Gasteiger partial charge on any atom is -0.394 e. The molecule has 0 aliphatic carbocycles. The SMILES string of the molecule is CCCNC(=O)CONCc1cc(C(=O)NOCCO)c(Nc2ccc(C)cc2F)c(F)c1F. The minimum absolute atomic E-state index is 0.179. The van der Waals surface area contributed by atoms with Crippen molar-refractivity contribution in [3.8, 4) is 0 Å². The third kappa shape index (κ3) is 7.70. The van der Waals surface area contributed by atoms with Gasteiger partial charge in [-0.15, -0.1) is 0 Å². The molecule has 0 aromatic heterocycles. The molecule has 0 aliphatic heterocycles. The van der Waals surface area contributed by atoms with E-state index in [0.29, 0.717) is 12.1 Å². The third-order valence-electron chi connectivity index (χ3n) is 4.41. The van der Waals surface area contributed by atoms with Gasteiger partial charge >= 0.3 is 0 Å². The van der Waals surface area contributed by atoms with E-state index in [-0.39, 0.29) is 31.0 Å². The molecule has 2 aromatic carbocycles. The fourth-order valence-corrected chi connectivity index (χ4v) is 2.74. The summed E-state index contributed by atoms with van der Waals surface area (Å²) in [5.74, 6) is -4.85. The number of amides is 2. The van der Waals surface area contributed by atoms with Crippen molar-refractivity contribution in [1.82, 2.24) is 16.3 Å². The van der Waals surface area contributed by atoms with Crippen molar-refractivity contribution in [2.45, 2.75) is 26.8 Å². The number of hydroxylamine groups is 2. The van der Waals surface area contributed by atoms with Crippen LogP contribution in [-0.4, -0.2) is 43.3 Å². The molecule has 2 amide bonds. The lowest BCUT2D eigenvalue weighted by Gasteiger charge is -2.17. The molecule has 0 saturated heterocycles. The largest absolute Gasteiger partial charge is 0.394 e. The van der Waals surface area contributed by atoms with Crippen LogP contribution in [0.15, 0.2) is 24.3 Å². The van der Waals surface area contributed by atoms with Crippen molar-refractivity contribution in [3.05, 3.63) is 58.4 Å². The van der Waals surface area contributed by atoms with Crippen molar-refractivity contribution in [2.24, 2.45) is 0 Å². The van der Waals surface area contributed by atoms with Crippen LogP contribution in [0.1, 0.15) is 34.8 Å². The van der Waals surface area contributed by atoms with E-state index in [9.17, 15) is 22.8 Å². The summed E-state index contributed by atoms with van der Waals surface area (Å²) in [6.07, 6.45) is 0.739. The summed E-state index contributed by atoms with van der Waals surface area (Å²) >= 11 is 0. The van der Waals surface area contributed by atoms with E-state index >= 15 is 0 Å². The normalized spacial score (nSPS) is 10.8. The van der Waals surface area contributed by atoms with E-state index < -0.39 is 47.1 Å². The molecule has 0 atom stereocenters. The van der Waals surface area contributed by atoms with E-state index in [1.165, 1.54) is 12.1 Å². The molecule has 0 fully saturated rings. The third-order valence-corrected chi connectivity index (χ3v) is 4.41. The van der Waals surface area contributed by atoms with Gasteiger partial charge in [-0.25, -0.2) is 18.7 Å². The van der Waals surface area contributed by atoms with Gasteiger partial charge in [-0.2, -0.15) is 5.48 Å². The summed E-state index contributed by atoms with van der Waals surface area (Å²) in [7, 11) is 0. The van der Waals surface area contributed by atoms with Crippen LogP contribution in [0.2, 0.25) is 0 Å². The summed E-state index contributed by atoms with van der Waals surface area (Å²) in [5.41, 5.74) is 3.45. The molecule has 12 heteroatoms. The lowest BCUT2D eigenvalue weighted by atomic mass is 10.1. The highest BCUT2D eigenvalue weighted by Crippen LogP contribution is 2.30. The Morgan fingerprint density at radius 3 is 2.53 bits per heavy atom. The zero-order valence-corrected chi connectivity index (χ0v) is 18.8. The van der Waals surface area contributed by atoms with Crippen LogP contribution in [0.3, 0.4) is 0 Å². The molecule has 186 valence electrons. The number of benzene rings is 2. The Morgan fingerprint density at radius 2 is 1.85 bits per heavy atom. The monoisotopic (exact) mass is 484 g/mol. The highest BCUT2D eigenvalue weighted by Gasteiger charge is 2.24. The van der Waals surface area contributed by atoms with Crippen molar-refractivity contribution in [3.63, 3.8) is 0 Å². The van der Waals surface area contributed by atoms with Gasteiger partial charge in [0.05, 0.1) is 30.2 Å². The number of carbonyl (C=O) groups excluding carboxylic acids is 2. The van der Waals surface area contributed by atoms with Gasteiger partial charge in [0, 0.05) is 18.7 Å². The van der Waals surface area contributed by atoms with Crippen LogP contribution < -0.4 is 21.6 Å². The molecule has 34 heavy (non-hydrogen) atoms. The average molecular weight is 484 g/mol. The molecule has 0 aliphatic rings. The lowest BCUT2D eigenvalue weighted by Crippen LogP contribution is -2.31. The van der Waals surface area contributed by atoms with Gasteiger partial charge in [0.15, 0.2) is 11.6 Å². The van der Waals surface area contributed by atoms with E-state index in [2.05, 4.69) is 16.1 Å². The number of hydrogen-bond acceptors (Lipinski definition) is 7. The van der Waals surface area contributed by atoms with Crippen molar-refractivity contribution >= 4 is 23.2 Å². The average Bonchev–Trinajstić information content (AvgIpc) is 2.81. The second-order valence-corrected chi connectivity index (χ2v) is 7.16. The van der Waals surface area contributed by atoms with Crippen LogP contribution in [-0.2, 0) is 21.0 Å². The smallest absolute Gasteiger partial charge is 0.277 e. The first kappa shape index (κ1) is 27.1. The fourth-order valence-electron chi connectivity index (χ4n) is 2.74. The van der Waals surface area contributed by atoms with Gasteiger partial charge < -0.3 is 15.7 Å². The Labute approximate surface area is 194 Å². The number of halogens is 3. The molecule has 2 rings (SSSR count). The number of aliphatic hydroxyl groups excluding tert-OH is 1. The standard InChI is InChI=1S/C22H27F3N4O5/c1-3-6-26-18(31)12-34-27-11-14-10-15(22(32)29-33-8-7-30)21(20(25)19(14)24)28-17-5-4-13(2)9-16(17)23/h4-5,9-10,27-28,30H,3,6-8,11-12H2,1-2H3,(H,26,31)(H,29,32). The Morgan fingerprint density at radius 1 is 1.09 bits per heavy atom. The number of aryl methyl sites for hydroxylation is 1. The van der Waals surface area contributed by atoms with Gasteiger partial charge in [-0.05, 0) is 37.1 Å².